The van der Waals surface area contributed by atoms with Gasteiger partial charge in [-0.1, -0.05) is 6.92 Å². The first-order valence-corrected chi connectivity index (χ1v) is 8.23. The summed E-state index contributed by atoms with van der Waals surface area (Å²) in [5.74, 6) is 5.38. The molecule has 4 nitrogen and oxygen atoms in total. The molecule has 0 spiro atoms. The number of hydrogen-bond donors (Lipinski definition) is 0. The lowest BCUT2D eigenvalue weighted by Crippen LogP contribution is -2.26. The first-order chi connectivity index (χ1) is 7.30. The normalized spacial score (nSPS) is 9.50. The molecule has 0 radical (unpaired) electrons. The summed E-state index contributed by atoms with van der Waals surface area (Å²) in [6.45, 7) is 9.41. The van der Waals surface area contributed by atoms with E-state index in [2.05, 4.69) is 26.9 Å². The maximum atomic E-state index is 8.09. The van der Waals surface area contributed by atoms with Crippen molar-refractivity contribution in [2.45, 2.75) is 13.3 Å². The van der Waals surface area contributed by atoms with Gasteiger partial charge in [0.2, 0.25) is 0 Å². The molecule has 0 bridgehead atoms. The Balaban J connectivity index is 0. The molecule has 0 aliphatic carbocycles. The zero-order valence-electron chi connectivity index (χ0n) is 10.2. The fourth-order valence-electron chi connectivity index (χ4n) is 0.844. The fraction of sp³-hybridized carbons (Fsp3) is 0.600. The van der Waals surface area contributed by atoms with E-state index >= 15 is 0 Å². The van der Waals surface area contributed by atoms with Crippen molar-refractivity contribution in [3.63, 3.8) is 0 Å². The molecule has 0 N–H and O–H groups in total. The van der Waals surface area contributed by atoms with Gasteiger partial charge in [-0.05, 0) is 6.42 Å². The lowest BCUT2D eigenvalue weighted by Gasteiger charge is -2.08. The van der Waals surface area contributed by atoms with Crippen molar-refractivity contribution < 1.29 is 0 Å². The maximum absolute atomic E-state index is 8.09. The highest BCUT2D eigenvalue weighted by molar-refractivity contribution is 7.73. The quantitative estimate of drug-likeness (QED) is 0.539. The second-order valence-electron chi connectivity index (χ2n) is 4.40. The molecule has 0 aliphatic heterocycles. The Bertz CT molecular complexity index is 311. The highest BCUT2D eigenvalue weighted by atomic mass is 31.2. The first-order valence-electron chi connectivity index (χ1n) is 4.91. The number of hydrogen-bond acceptors (Lipinski definition) is 4. The third-order valence-electron chi connectivity index (χ3n) is 1.67. The van der Waals surface area contributed by atoms with Crippen LogP contribution in [0.2, 0.25) is 0 Å². The van der Waals surface area contributed by atoms with Crippen LogP contribution in [0.1, 0.15) is 13.3 Å². The zero-order chi connectivity index (χ0) is 13.2. The van der Waals surface area contributed by atoms with Gasteiger partial charge in [-0.25, -0.2) is 21.0 Å². The molecule has 0 heterocycles. The standard InChI is InChI=1S/C6H16P.C4BN4/c1-5-6-7(2,3)4;6-1-5(2-7,3-8)4-9/h5-6H2,1-4H3;/q+1;-1. The number of nitriles is 4. The summed E-state index contributed by atoms with van der Waals surface area (Å²) in [6.07, 6.45) is 0.0876. The molecule has 0 aromatic heterocycles. The first kappa shape index (κ1) is 16.9. The van der Waals surface area contributed by atoms with E-state index in [1.54, 1.807) is 0 Å². The molecule has 6 heteroatoms. The van der Waals surface area contributed by atoms with Crippen molar-refractivity contribution in [3.8, 4) is 23.9 Å². The third-order valence-corrected chi connectivity index (χ3v) is 3.46. The molecule has 84 valence electrons. The minimum Gasteiger partial charge on any atom is -0.245 e. The van der Waals surface area contributed by atoms with Gasteiger partial charge in [-0.15, -0.1) is 23.9 Å². The Labute approximate surface area is 98.3 Å². The van der Waals surface area contributed by atoms with Gasteiger partial charge < -0.3 is 0 Å². The Hall–Kier alpha value is -1.55. The molecular formula is C10H16BN4P. The highest BCUT2D eigenvalue weighted by Crippen LogP contribution is 2.46. The van der Waals surface area contributed by atoms with Gasteiger partial charge in [0.15, 0.2) is 0 Å². The monoisotopic (exact) mass is 234 g/mol. The predicted molar refractivity (Wildman–Crippen MR) is 68.1 cm³/mol. The summed E-state index contributed by atoms with van der Waals surface area (Å²) in [5, 5.41) is 32.3. The second kappa shape index (κ2) is 7.71. The van der Waals surface area contributed by atoms with E-state index in [0.717, 1.165) is 0 Å². The lowest BCUT2D eigenvalue weighted by atomic mass is 9.30. The van der Waals surface area contributed by atoms with E-state index in [9.17, 15) is 0 Å². The van der Waals surface area contributed by atoms with Crippen molar-refractivity contribution in [1.82, 2.24) is 0 Å². The summed E-state index contributed by atoms with van der Waals surface area (Å²) in [7, 11) is -0.416. The SMILES string of the molecule is CCC[P+](C)(C)C.N#C[B-](C#N)(C#N)C#N. The van der Waals surface area contributed by atoms with Crippen LogP contribution >= 0.6 is 7.26 Å². The average Bonchev–Trinajstić information content (AvgIpc) is 2.21. The summed E-state index contributed by atoms with van der Waals surface area (Å²) in [6, 6.07) is 0. The molecule has 0 aliphatic rings. The van der Waals surface area contributed by atoms with Crippen molar-refractivity contribution >= 4 is 13.4 Å². The van der Waals surface area contributed by atoms with Gasteiger partial charge in [-0.2, -0.15) is 0 Å². The van der Waals surface area contributed by atoms with Crippen LogP contribution in [0.5, 0.6) is 0 Å². The fourth-order valence-corrected chi connectivity index (χ4v) is 2.19. The minimum absolute atomic E-state index is 0.416. The number of rotatable bonds is 2. The smallest absolute Gasteiger partial charge is 0.245 e. The molecule has 16 heavy (non-hydrogen) atoms. The molecule has 0 saturated carbocycles. The van der Waals surface area contributed by atoms with Crippen LogP contribution in [-0.4, -0.2) is 32.3 Å². The summed E-state index contributed by atoms with van der Waals surface area (Å²) in [4.78, 5) is 0. The van der Waals surface area contributed by atoms with Crippen LogP contribution < -0.4 is 0 Å². The highest BCUT2D eigenvalue weighted by Gasteiger charge is 2.22. The van der Waals surface area contributed by atoms with Crippen LogP contribution in [0, 0.1) is 44.9 Å². The van der Waals surface area contributed by atoms with E-state index in [-0.39, 0.29) is 0 Å². The predicted octanol–water partition coefficient (Wildman–Crippen LogP) is 1.99. The maximum Gasteiger partial charge on any atom is 0.383 e. The number of nitrogens with zero attached hydrogens (tertiary/aromatic N) is 4. The molecule has 0 unspecified atom stereocenters. The topological polar surface area (TPSA) is 95.2 Å². The Kier molecular flexibility index (Phi) is 8.13. The minimum atomic E-state index is -2.72. The van der Waals surface area contributed by atoms with E-state index in [0.29, 0.717) is 0 Å². The van der Waals surface area contributed by atoms with Crippen LogP contribution in [-0.2, 0) is 0 Å². The zero-order valence-corrected chi connectivity index (χ0v) is 11.1. The van der Waals surface area contributed by atoms with Crippen molar-refractivity contribution in [1.29, 1.82) is 21.0 Å². The molecule has 0 atom stereocenters. The van der Waals surface area contributed by atoms with Crippen LogP contribution in [0.25, 0.3) is 0 Å². The van der Waals surface area contributed by atoms with Gasteiger partial charge in [0.05, 0.1) is 6.16 Å². The third kappa shape index (κ3) is 7.82. The molecular weight excluding hydrogens is 218 g/mol. The van der Waals surface area contributed by atoms with Gasteiger partial charge in [0.1, 0.15) is 0 Å². The Morgan fingerprint density at radius 2 is 1.19 bits per heavy atom. The molecule has 0 aromatic carbocycles. The van der Waals surface area contributed by atoms with Crippen LogP contribution in [0.4, 0.5) is 0 Å². The molecule has 0 amide bonds. The lowest BCUT2D eigenvalue weighted by molar-refractivity contribution is 1.09. The molecule has 0 saturated heterocycles. The largest absolute Gasteiger partial charge is 0.383 e. The van der Waals surface area contributed by atoms with E-state index < -0.39 is 13.4 Å². The van der Waals surface area contributed by atoms with E-state index in [1.165, 1.54) is 36.5 Å². The van der Waals surface area contributed by atoms with Crippen molar-refractivity contribution in [2.24, 2.45) is 0 Å². The van der Waals surface area contributed by atoms with Gasteiger partial charge in [0.25, 0.3) is 0 Å². The van der Waals surface area contributed by atoms with Crippen LogP contribution in [0.3, 0.4) is 0 Å². The summed E-state index contributed by atoms with van der Waals surface area (Å²) < 4.78 is 0. The van der Waals surface area contributed by atoms with Gasteiger partial charge >= 0.3 is 6.15 Å². The average molecular weight is 234 g/mol. The van der Waals surface area contributed by atoms with Gasteiger partial charge in [-0.3, -0.25) is 0 Å². The second-order valence-corrected chi connectivity index (χ2v) is 9.42. The van der Waals surface area contributed by atoms with Gasteiger partial charge in [0, 0.05) is 27.3 Å². The van der Waals surface area contributed by atoms with Crippen molar-refractivity contribution in [3.05, 3.63) is 0 Å². The van der Waals surface area contributed by atoms with Crippen molar-refractivity contribution in [2.75, 3.05) is 26.2 Å². The Morgan fingerprint density at radius 1 is 0.875 bits per heavy atom. The van der Waals surface area contributed by atoms with Crippen LogP contribution in [0.15, 0.2) is 0 Å². The Morgan fingerprint density at radius 3 is 1.19 bits per heavy atom. The summed E-state index contributed by atoms with van der Waals surface area (Å²) in [5.41, 5.74) is 0. The molecule has 0 fully saturated rings. The molecule has 0 rings (SSSR count). The van der Waals surface area contributed by atoms with E-state index in [1.807, 2.05) is 0 Å². The molecule has 0 aromatic rings. The van der Waals surface area contributed by atoms with E-state index in [4.69, 9.17) is 21.0 Å². The summed E-state index contributed by atoms with van der Waals surface area (Å²) >= 11 is 0.